The lowest BCUT2D eigenvalue weighted by Gasteiger charge is -2.31. The Labute approximate surface area is 210 Å². The molecule has 4 rings (SSSR count). The van der Waals surface area contributed by atoms with E-state index in [1.54, 1.807) is 0 Å². The number of hydrogen-bond acceptors (Lipinski definition) is 6. The number of ether oxygens (including phenoxy) is 1. The van der Waals surface area contributed by atoms with Crippen LogP contribution < -0.4 is 15.5 Å². The molecule has 1 aromatic carbocycles. The molecule has 0 unspecified atom stereocenters. The third-order valence-electron chi connectivity index (χ3n) is 5.70. The molecular weight excluding hydrogens is 468 g/mol. The summed E-state index contributed by atoms with van der Waals surface area (Å²) in [4.78, 5) is 18.7. The van der Waals surface area contributed by atoms with E-state index in [1.165, 1.54) is 12.3 Å². The zero-order valence-electron chi connectivity index (χ0n) is 22.8. The smallest absolute Gasteiger partial charge is 0.254 e. The molecule has 0 saturated heterocycles. The zero-order valence-corrected chi connectivity index (χ0v) is 21.5. The van der Waals surface area contributed by atoms with Gasteiger partial charge < -0.3 is 20.3 Å². The van der Waals surface area contributed by atoms with Crippen LogP contribution in [0, 0.1) is 0 Å². The molecule has 0 bridgehead atoms. The minimum absolute atomic E-state index is 0.0677. The van der Waals surface area contributed by atoms with Crippen LogP contribution in [0.5, 0.6) is 0 Å². The van der Waals surface area contributed by atoms with Gasteiger partial charge in [0.05, 0.1) is 34.5 Å². The highest BCUT2D eigenvalue weighted by Crippen LogP contribution is 2.44. The maximum atomic E-state index is 12.7. The topological polar surface area (TPSA) is 84.3 Å². The molecule has 0 fully saturated rings. The third-order valence-corrected chi connectivity index (χ3v) is 7.61. The van der Waals surface area contributed by atoms with Crippen LogP contribution >= 0.6 is 11.6 Å². The Morgan fingerprint density at radius 2 is 2.12 bits per heavy atom. The normalized spacial score (nSPS) is 14.5. The van der Waals surface area contributed by atoms with Crippen molar-refractivity contribution in [2.75, 3.05) is 30.8 Å². The van der Waals surface area contributed by atoms with E-state index in [4.69, 9.17) is 20.5 Å². The van der Waals surface area contributed by atoms with Crippen molar-refractivity contribution in [3.8, 4) is 11.3 Å². The first kappa shape index (κ1) is 20.5. The minimum atomic E-state index is -2.63. The minimum Gasteiger partial charge on any atom is -0.368 e. The number of nitrogens with one attached hydrogen (secondary N) is 2. The lowest BCUT2D eigenvalue weighted by atomic mass is 9.99. The first-order valence-electron chi connectivity index (χ1n) is 12.5. The fourth-order valence-electron chi connectivity index (χ4n) is 3.99. The molecule has 0 radical (unpaired) electrons. The largest absolute Gasteiger partial charge is 0.368 e. The second-order valence-corrected chi connectivity index (χ2v) is 15.6. The van der Waals surface area contributed by atoms with E-state index in [2.05, 4.69) is 39.9 Å². The molecule has 180 valence electrons. The van der Waals surface area contributed by atoms with Gasteiger partial charge in [-0.15, -0.1) is 0 Å². The quantitative estimate of drug-likeness (QED) is 0.258. The average molecular weight is 502 g/mol. The van der Waals surface area contributed by atoms with Crippen molar-refractivity contribution in [2.24, 2.45) is 0 Å². The maximum Gasteiger partial charge on any atom is 0.254 e. The second kappa shape index (κ2) is 9.77. The number of amides is 1. The van der Waals surface area contributed by atoms with Gasteiger partial charge in [-0.2, -0.15) is 5.10 Å². The molecule has 8 nitrogen and oxygen atoms in total. The Hall–Kier alpha value is -2.88. The van der Waals surface area contributed by atoms with Gasteiger partial charge in [0.1, 0.15) is 11.9 Å². The van der Waals surface area contributed by atoms with Crippen LogP contribution in [0.4, 0.5) is 17.1 Å². The van der Waals surface area contributed by atoms with Gasteiger partial charge in [-0.3, -0.25) is 4.79 Å². The number of anilines is 3. The van der Waals surface area contributed by atoms with Gasteiger partial charge in [0, 0.05) is 56.7 Å². The summed E-state index contributed by atoms with van der Waals surface area (Å²) < 4.78 is 30.0. The Morgan fingerprint density at radius 1 is 1.29 bits per heavy atom. The number of para-hydroxylation sites is 1. The van der Waals surface area contributed by atoms with Crippen LogP contribution in [0.1, 0.15) is 20.0 Å². The van der Waals surface area contributed by atoms with Crippen LogP contribution in [0.25, 0.3) is 11.3 Å². The zero-order chi connectivity index (χ0) is 27.0. The molecule has 1 amide bonds. The fraction of sp³-hybridized carbons (Fsp3) is 0.375. The van der Waals surface area contributed by atoms with Crippen molar-refractivity contribution in [1.82, 2.24) is 20.1 Å². The van der Waals surface area contributed by atoms with Crippen LogP contribution in [-0.2, 0) is 18.0 Å². The van der Waals surface area contributed by atoms with E-state index < -0.39 is 21.0 Å². The highest BCUT2D eigenvalue weighted by Gasteiger charge is 2.27. The fourth-order valence-corrected chi connectivity index (χ4v) is 4.90. The molecule has 3 aromatic rings. The standard InChI is InChI=1S/C24H31ClN6O2Si/c1-26-24(32)18-13-27-21(25)11-20(18)29-19-8-6-7-17-22-16(14-30(2)23(17)19)12-28-31(22)15-33-9-10-34(3,4)5/h6-8,11-13H,9-10,14-15H2,1-5H3,(H,26,32)(H,27,29)/i1D3. The van der Waals surface area contributed by atoms with Gasteiger partial charge in [0.2, 0.25) is 0 Å². The highest BCUT2D eigenvalue weighted by atomic mass is 35.5. The summed E-state index contributed by atoms with van der Waals surface area (Å²) in [6.45, 7) is 6.02. The molecule has 34 heavy (non-hydrogen) atoms. The number of nitrogens with zero attached hydrogens (tertiary/aromatic N) is 4. The number of halogens is 1. The number of hydrogen-bond donors (Lipinski definition) is 2. The average Bonchev–Trinajstić information content (AvgIpc) is 3.18. The van der Waals surface area contributed by atoms with Crippen molar-refractivity contribution in [1.29, 1.82) is 0 Å². The maximum absolute atomic E-state index is 12.7. The molecule has 1 aliphatic rings. The van der Waals surface area contributed by atoms with E-state index in [-0.39, 0.29) is 10.7 Å². The van der Waals surface area contributed by atoms with E-state index in [9.17, 15) is 4.79 Å². The lowest BCUT2D eigenvalue weighted by Crippen LogP contribution is -2.24. The first-order valence-corrected chi connectivity index (χ1v) is 15.1. The van der Waals surface area contributed by atoms with Gasteiger partial charge in [-0.25, -0.2) is 9.67 Å². The molecule has 1 aliphatic heterocycles. The molecule has 0 saturated carbocycles. The van der Waals surface area contributed by atoms with Crippen LogP contribution in [-0.4, -0.2) is 49.4 Å². The van der Waals surface area contributed by atoms with Gasteiger partial charge in [0.15, 0.2) is 0 Å². The van der Waals surface area contributed by atoms with Gasteiger partial charge in [-0.05, 0) is 18.2 Å². The third kappa shape index (κ3) is 5.11. The number of rotatable bonds is 8. The van der Waals surface area contributed by atoms with Crippen LogP contribution in [0.3, 0.4) is 0 Å². The summed E-state index contributed by atoms with van der Waals surface area (Å²) in [6, 6.07) is 8.41. The Bertz CT molecular complexity index is 1310. The van der Waals surface area contributed by atoms with Crippen LogP contribution in [0.15, 0.2) is 36.7 Å². The predicted octanol–water partition coefficient (Wildman–Crippen LogP) is 4.96. The Balaban J connectivity index is 1.66. The monoisotopic (exact) mass is 501 g/mol. The number of benzene rings is 1. The number of carbonyl (C=O) groups excluding carboxylic acids is 1. The van der Waals surface area contributed by atoms with Gasteiger partial charge >= 0.3 is 0 Å². The molecule has 0 spiro atoms. The van der Waals surface area contributed by atoms with E-state index >= 15 is 0 Å². The van der Waals surface area contributed by atoms with Gasteiger partial charge in [0.25, 0.3) is 5.91 Å². The SMILES string of the molecule is [2H]C([2H])([2H])NC(=O)c1cnc(Cl)cc1Nc1cccc2c1N(C)Cc1cnn(COCC[Si](C)(C)C)c1-2. The van der Waals surface area contributed by atoms with Gasteiger partial charge in [-0.1, -0.05) is 43.4 Å². The highest BCUT2D eigenvalue weighted by molar-refractivity contribution is 6.76. The van der Waals surface area contributed by atoms with E-state index in [0.29, 0.717) is 25.6 Å². The Kier molecular flexibility index (Phi) is 5.89. The van der Waals surface area contributed by atoms with Crippen molar-refractivity contribution >= 4 is 42.6 Å². The summed E-state index contributed by atoms with van der Waals surface area (Å²) in [5.41, 5.74) is 5.09. The summed E-state index contributed by atoms with van der Waals surface area (Å²) in [5, 5.41) is 10.0. The van der Waals surface area contributed by atoms with Crippen molar-refractivity contribution in [3.05, 3.63) is 52.9 Å². The summed E-state index contributed by atoms with van der Waals surface area (Å²) in [6.07, 6.45) is 3.13. The molecule has 10 heteroatoms. The van der Waals surface area contributed by atoms with Crippen molar-refractivity contribution < 1.29 is 13.6 Å². The summed E-state index contributed by atoms with van der Waals surface area (Å²) in [7, 11) is 0.790. The number of pyridine rings is 1. The van der Waals surface area contributed by atoms with E-state index in [0.717, 1.165) is 34.2 Å². The summed E-state index contributed by atoms with van der Waals surface area (Å²) >= 11 is 6.13. The molecule has 3 heterocycles. The number of carbonyl (C=O) groups is 1. The number of aromatic nitrogens is 3. The molecule has 0 atom stereocenters. The van der Waals surface area contributed by atoms with Crippen molar-refractivity contribution in [2.45, 2.75) is 39.0 Å². The molecular formula is C24H31ClN6O2Si. The second-order valence-electron chi connectivity index (χ2n) is 9.56. The van der Waals surface area contributed by atoms with E-state index in [1.807, 2.05) is 41.4 Å². The molecule has 0 aliphatic carbocycles. The van der Waals surface area contributed by atoms with Crippen LogP contribution in [0.2, 0.25) is 30.8 Å². The lowest BCUT2D eigenvalue weighted by molar-refractivity contribution is 0.0797. The Morgan fingerprint density at radius 3 is 2.88 bits per heavy atom. The predicted molar refractivity (Wildman–Crippen MR) is 140 cm³/mol. The molecule has 2 aromatic heterocycles. The van der Waals surface area contributed by atoms with Crippen molar-refractivity contribution in [3.63, 3.8) is 0 Å². The summed E-state index contributed by atoms with van der Waals surface area (Å²) in [5.74, 6) is -0.777. The molecule has 2 N–H and O–H groups in total. The number of fused-ring (bicyclic) bond motifs is 3. The first-order chi connectivity index (χ1) is 17.3.